The lowest BCUT2D eigenvalue weighted by Crippen LogP contribution is -2.26. The highest BCUT2D eigenvalue weighted by Crippen LogP contribution is 2.25. The zero-order chi connectivity index (χ0) is 16.7. The van der Waals surface area contributed by atoms with Crippen LogP contribution in [0, 0.1) is 0 Å². The van der Waals surface area contributed by atoms with Crippen molar-refractivity contribution in [3.63, 3.8) is 0 Å². The topological polar surface area (TPSA) is 78.0 Å². The minimum Gasteiger partial charge on any atom is -0.395 e. The molecule has 0 radical (unpaired) electrons. The molecule has 0 aliphatic carbocycles. The third-order valence-electron chi connectivity index (χ3n) is 3.19. The highest BCUT2D eigenvalue weighted by atomic mass is 19.1. The van der Waals surface area contributed by atoms with E-state index < -0.39 is 0 Å². The van der Waals surface area contributed by atoms with E-state index in [1.54, 1.807) is 24.3 Å². The van der Waals surface area contributed by atoms with E-state index in [4.69, 9.17) is 5.11 Å². The molecule has 0 aliphatic rings. The van der Waals surface area contributed by atoms with Crippen LogP contribution in [0.5, 0.6) is 0 Å². The molecule has 5 nitrogen and oxygen atoms in total. The van der Waals surface area contributed by atoms with E-state index in [9.17, 15) is 9.18 Å². The van der Waals surface area contributed by atoms with Gasteiger partial charge in [-0.1, -0.05) is 18.2 Å². The maximum absolute atomic E-state index is 12.3. The summed E-state index contributed by atoms with van der Waals surface area (Å²) in [6, 6.07) is 5.16. The van der Waals surface area contributed by atoms with E-state index in [1.165, 1.54) is 6.08 Å². The van der Waals surface area contributed by atoms with E-state index >= 15 is 0 Å². The summed E-state index contributed by atoms with van der Waals surface area (Å²) < 4.78 is 12.3. The van der Waals surface area contributed by atoms with Crippen molar-refractivity contribution < 1.29 is 14.3 Å². The number of carbonyl (C=O) groups is 1. The van der Waals surface area contributed by atoms with Crippen LogP contribution < -0.4 is 5.32 Å². The number of nitrogens with zero attached hydrogens (tertiary/aromatic N) is 1. The largest absolute Gasteiger partial charge is 0.395 e. The Labute approximate surface area is 133 Å². The van der Waals surface area contributed by atoms with Crippen molar-refractivity contribution in [1.29, 1.82) is 0 Å². The molecule has 0 atom stereocenters. The molecule has 2 aromatic rings. The van der Waals surface area contributed by atoms with Crippen LogP contribution in [-0.2, 0) is 0 Å². The van der Waals surface area contributed by atoms with Gasteiger partial charge in [-0.05, 0) is 31.2 Å². The van der Waals surface area contributed by atoms with Gasteiger partial charge in [-0.3, -0.25) is 9.89 Å². The number of H-pyrrole nitrogens is 1. The normalized spacial score (nSPS) is 12.6. The first kappa shape index (κ1) is 16.6. The molecule has 1 aromatic carbocycles. The molecule has 1 aromatic heterocycles. The first-order valence-electron chi connectivity index (χ1n) is 7.18. The Morgan fingerprint density at radius 1 is 1.48 bits per heavy atom. The number of aromatic amines is 1. The van der Waals surface area contributed by atoms with Crippen molar-refractivity contribution in [2.24, 2.45) is 0 Å². The summed E-state index contributed by atoms with van der Waals surface area (Å²) in [5.41, 5.74) is 2.60. The molecule has 0 bridgehead atoms. The van der Waals surface area contributed by atoms with Crippen molar-refractivity contribution >= 4 is 22.4 Å². The molecule has 0 unspecified atom stereocenters. The third kappa shape index (κ3) is 3.92. The van der Waals surface area contributed by atoms with Crippen LogP contribution in [0.3, 0.4) is 0 Å². The van der Waals surface area contributed by atoms with Crippen LogP contribution in [-0.4, -0.2) is 34.4 Å². The van der Waals surface area contributed by atoms with E-state index in [2.05, 4.69) is 15.5 Å². The number of fused-ring (bicyclic) bond motifs is 1. The van der Waals surface area contributed by atoms with E-state index in [0.717, 1.165) is 16.5 Å². The summed E-state index contributed by atoms with van der Waals surface area (Å²) in [5.74, 6) is -0.270. The lowest BCUT2D eigenvalue weighted by Gasteiger charge is -2.04. The SMILES string of the molecule is C\C=C/C(=C\C=C\F)c1n[nH]c2ccc(C(=O)NCCO)cc12. The second-order valence-electron chi connectivity index (χ2n) is 4.75. The first-order valence-corrected chi connectivity index (χ1v) is 7.18. The molecular formula is C17H18FN3O2. The van der Waals surface area contributed by atoms with Gasteiger partial charge in [0, 0.05) is 23.1 Å². The highest BCUT2D eigenvalue weighted by Gasteiger charge is 2.12. The van der Waals surface area contributed by atoms with Gasteiger partial charge < -0.3 is 10.4 Å². The average Bonchev–Trinajstić information content (AvgIpc) is 2.99. The number of carbonyl (C=O) groups excluding carboxylic acids is 1. The van der Waals surface area contributed by atoms with Crippen LogP contribution in [0.1, 0.15) is 23.0 Å². The van der Waals surface area contributed by atoms with Crippen molar-refractivity contribution in [3.05, 3.63) is 60.1 Å². The predicted molar refractivity (Wildman–Crippen MR) is 88.6 cm³/mol. The van der Waals surface area contributed by atoms with Gasteiger partial charge in [0.05, 0.1) is 24.1 Å². The van der Waals surface area contributed by atoms with Crippen molar-refractivity contribution in [3.8, 4) is 0 Å². The number of hydrogen-bond acceptors (Lipinski definition) is 3. The predicted octanol–water partition coefficient (Wildman–Crippen LogP) is 2.73. The van der Waals surface area contributed by atoms with Gasteiger partial charge in [-0.2, -0.15) is 5.10 Å². The fourth-order valence-electron chi connectivity index (χ4n) is 2.18. The lowest BCUT2D eigenvalue weighted by molar-refractivity contribution is 0.0945. The van der Waals surface area contributed by atoms with Gasteiger partial charge in [-0.15, -0.1) is 0 Å². The summed E-state index contributed by atoms with van der Waals surface area (Å²) in [5, 5.41) is 19.3. The molecular weight excluding hydrogens is 297 g/mol. The van der Waals surface area contributed by atoms with Crippen LogP contribution in [0.25, 0.3) is 16.5 Å². The highest BCUT2D eigenvalue weighted by molar-refractivity contribution is 6.01. The molecule has 1 amide bonds. The zero-order valence-corrected chi connectivity index (χ0v) is 12.7. The van der Waals surface area contributed by atoms with Crippen LogP contribution in [0.2, 0.25) is 0 Å². The molecule has 6 heteroatoms. The molecule has 3 N–H and O–H groups in total. The van der Waals surface area contributed by atoms with Crippen LogP contribution in [0.15, 0.2) is 48.8 Å². The third-order valence-corrected chi connectivity index (χ3v) is 3.19. The van der Waals surface area contributed by atoms with Gasteiger partial charge >= 0.3 is 0 Å². The number of halogens is 1. The standard InChI is InChI=1S/C17H18FN3O2/c1-2-4-12(5-3-8-18)16-14-11-13(17(23)19-9-10-22)6-7-15(14)20-21-16/h2-8,11,22H,9-10H2,1H3,(H,19,23)(H,20,21)/b4-2-,8-3+,12-5+. The van der Waals surface area contributed by atoms with Crippen molar-refractivity contribution in [2.75, 3.05) is 13.2 Å². The Hall–Kier alpha value is -2.73. The molecule has 2 rings (SSSR count). The maximum Gasteiger partial charge on any atom is 0.251 e. The van der Waals surface area contributed by atoms with Gasteiger partial charge in [0.15, 0.2) is 0 Å². The summed E-state index contributed by atoms with van der Waals surface area (Å²) in [6.45, 7) is 1.93. The smallest absolute Gasteiger partial charge is 0.251 e. The van der Waals surface area contributed by atoms with Gasteiger partial charge in [0.1, 0.15) is 0 Å². The Morgan fingerprint density at radius 2 is 2.30 bits per heavy atom. The lowest BCUT2D eigenvalue weighted by atomic mass is 10.0. The van der Waals surface area contributed by atoms with E-state index in [1.807, 2.05) is 19.1 Å². The fourth-order valence-corrected chi connectivity index (χ4v) is 2.18. The molecule has 0 spiro atoms. The number of benzene rings is 1. The Balaban J connectivity index is 2.47. The Morgan fingerprint density at radius 3 is 3.00 bits per heavy atom. The number of nitrogens with one attached hydrogen (secondary N) is 2. The summed E-state index contributed by atoms with van der Waals surface area (Å²) in [7, 11) is 0. The van der Waals surface area contributed by atoms with Gasteiger partial charge in [0.2, 0.25) is 0 Å². The minimum absolute atomic E-state index is 0.116. The quantitative estimate of drug-likeness (QED) is 0.717. The summed E-state index contributed by atoms with van der Waals surface area (Å²) in [4.78, 5) is 12.0. The Bertz CT molecular complexity index is 775. The average molecular weight is 315 g/mol. The number of aromatic nitrogens is 2. The molecule has 0 saturated carbocycles. The van der Waals surface area contributed by atoms with E-state index in [0.29, 0.717) is 17.6 Å². The van der Waals surface area contributed by atoms with Crippen molar-refractivity contribution in [2.45, 2.75) is 6.92 Å². The van der Waals surface area contributed by atoms with E-state index in [-0.39, 0.29) is 19.1 Å². The molecule has 0 saturated heterocycles. The van der Waals surface area contributed by atoms with Gasteiger partial charge in [-0.25, -0.2) is 4.39 Å². The first-order chi connectivity index (χ1) is 11.2. The fraction of sp³-hybridized carbons (Fsp3) is 0.176. The monoisotopic (exact) mass is 315 g/mol. The number of rotatable bonds is 6. The summed E-state index contributed by atoms with van der Waals surface area (Å²) >= 11 is 0. The number of allylic oxidation sites excluding steroid dienone is 5. The minimum atomic E-state index is -0.270. The number of amides is 1. The molecule has 120 valence electrons. The zero-order valence-electron chi connectivity index (χ0n) is 12.7. The van der Waals surface area contributed by atoms with Crippen LogP contribution in [0.4, 0.5) is 4.39 Å². The molecule has 1 heterocycles. The van der Waals surface area contributed by atoms with Crippen LogP contribution >= 0.6 is 0 Å². The number of aliphatic hydroxyl groups excluding tert-OH is 1. The second-order valence-corrected chi connectivity index (χ2v) is 4.75. The summed E-state index contributed by atoms with van der Waals surface area (Å²) in [6.07, 6.45) is 6.98. The molecule has 0 fully saturated rings. The molecule has 23 heavy (non-hydrogen) atoms. The molecule has 0 aliphatic heterocycles. The maximum atomic E-state index is 12.3. The van der Waals surface area contributed by atoms with Gasteiger partial charge in [0.25, 0.3) is 5.91 Å². The van der Waals surface area contributed by atoms with Crippen molar-refractivity contribution in [1.82, 2.24) is 15.5 Å². The number of aliphatic hydroxyl groups is 1. The Kier molecular flexibility index (Phi) is 5.82. The number of hydrogen-bond donors (Lipinski definition) is 3. The second kappa shape index (κ2) is 8.05.